The lowest BCUT2D eigenvalue weighted by Crippen LogP contribution is -2.53. The molecule has 0 bridgehead atoms. The molecule has 0 aromatic rings. The van der Waals surface area contributed by atoms with Gasteiger partial charge in [0.2, 0.25) is 5.50 Å². The van der Waals surface area contributed by atoms with Crippen LogP contribution in [0.5, 0.6) is 0 Å². The van der Waals surface area contributed by atoms with Crippen molar-refractivity contribution in [3.05, 3.63) is 12.3 Å². The summed E-state index contributed by atoms with van der Waals surface area (Å²) in [4.78, 5) is 16.4. The van der Waals surface area contributed by atoms with Gasteiger partial charge in [-0.1, -0.05) is 0 Å². The fourth-order valence-electron chi connectivity index (χ4n) is 1.73. The molecule has 2 atom stereocenters. The monoisotopic (exact) mass is 337 g/mol. The van der Waals surface area contributed by atoms with E-state index in [1.54, 1.807) is 26.8 Å². The highest BCUT2D eigenvalue weighted by Crippen LogP contribution is 2.19. The molecular formula is C12H20ClN3O4S. The Morgan fingerprint density at radius 3 is 2.62 bits per heavy atom. The summed E-state index contributed by atoms with van der Waals surface area (Å²) in [6, 6.07) is 0. The molecule has 21 heavy (non-hydrogen) atoms. The number of hydrogen-bond acceptors (Lipinski definition) is 6. The zero-order valence-corrected chi connectivity index (χ0v) is 14.0. The van der Waals surface area contributed by atoms with Crippen LogP contribution in [0.2, 0.25) is 0 Å². The SMILES string of the molecule is CC(=O)OC(CCl)N1C=CC=NC1S(=O)(=O)NC(C)(C)C. The molecule has 0 fully saturated rings. The molecule has 0 amide bonds. The molecule has 1 rings (SSSR count). The number of nitrogens with zero attached hydrogens (tertiary/aromatic N) is 2. The van der Waals surface area contributed by atoms with Gasteiger partial charge in [-0.3, -0.25) is 9.79 Å². The number of ether oxygens (including phenoxy) is 1. The predicted molar refractivity (Wildman–Crippen MR) is 81.3 cm³/mol. The standard InChI is InChI=1S/C12H20ClN3O4S/c1-9(17)20-10(8-13)16-7-5-6-14-11(16)21(18,19)15-12(2,3)4/h5-7,10-11,15H,8H2,1-4H3. The Labute approximate surface area is 130 Å². The van der Waals surface area contributed by atoms with E-state index in [9.17, 15) is 13.2 Å². The number of aliphatic imine (C=N–C) groups is 1. The molecule has 0 spiro atoms. The molecule has 0 aromatic carbocycles. The van der Waals surface area contributed by atoms with Crippen molar-refractivity contribution in [2.75, 3.05) is 5.88 Å². The molecule has 0 aliphatic carbocycles. The Balaban J connectivity index is 3.05. The maximum absolute atomic E-state index is 12.4. The Hall–Kier alpha value is -1.12. The fourth-order valence-corrected chi connectivity index (χ4v) is 3.67. The maximum Gasteiger partial charge on any atom is 0.304 e. The first-order chi connectivity index (χ1) is 9.57. The number of allylic oxidation sites excluding steroid dienone is 1. The maximum atomic E-state index is 12.4. The van der Waals surface area contributed by atoms with Gasteiger partial charge >= 0.3 is 5.97 Å². The van der Waals surface area contributed by atoms with E-state index in [4.69, 9.17) is 16.3 Å². The third-order valence-corrected chi connectivity index (χ3v) is 4.39. The summed E-state index contributed by atoms with van der Waals surface area (Å²) in [7, 11) is -3.80. The van der Waals surface area contributed by atoms with Crippen LogP contribution in [0.3, 0.4) is 0 Å². The molecule has 1 aliphatic heterocycles. The highest BCUT2D eigenvalue weighted by Gasteiger charge is 2.37. The Kier molecular flexibility index (Phi) is 5.77. The van der Waals surface area contributed by atoms with Crippen LogP contribution in [-0.4, -0.2) is 48.6 Å². The molecule has 2 unspecified atom stereocenters. The molecule has 1 aliphatic rings. The zero-order valence-electron chi connectivity index (χ0n) is 12.4. The van der Waals surface area contributed by atoms with Gasteiger partial charge in [0.15, 0.2) is 6.23 Å². The van der Waals surface area contributed by atoms with Gasteiger partial charge in [0.1, 0.15) is 0 Å². The van der Waals surface area contributed by atoms with Crippen molar-refractivity contribution in [3.8, 4) is 0 Å². The van der Waals surface area contributed by atoms with Gasteiger partial charge in [0, 0.05) is 24.9 Å². The minimum absolute atomic E-state index is 0.0824. The third kappa shape index (κ3) is 5.29. The average molecular weight is 338 g/mol. The molecule has 7 nitrogen and oxygen atoms in total. The Morgan fingerprint density at radius 1 is 1.52 bits per heavy atom. The first-order valence-electron chi connectivity index (χ1n) is 6.30. The van der Waals surface area contributed by atoms with E-state index in [0.29, 0.717) is 0 Å². The van der Waals surface area contributed by atoms with Gasteiger partial charge in [0.25, 0.3) is 10.0 Å². The van der Waals surface area contributed by atoms with Crippen molar-refractivity contribution >= 4 is 33.8 Å². The van der Waals surface area contributed by atoms with E-state index in [-0.39, 0.29) is 5.88 Å². The average Bonchev–Trinajstić information content (AvgIpc) is 2.33. The van der Waals surface area contributed by atoms with Gasteiger partial charge in [0.05, 0.1) is 5.88 Å². The lowest BCUT2D eigenvalue weighted by Gasteiger charge is -2.35. The quantitative estimate of drug-likeness (QED) is 0.597. The Bertz CT molecular complexity index is 539. The number of hydrogen-bond donors (Lipinski definition) is 1. The van der Waals surface area contributed by atoms with E-state index >= 15 is 0 Å². The van der Waals surface area contributed by atoms with Crippen LogP contribution in [0, 0.1) is 0 Å². The highest BCUT2D eigenvalue weighted by molar-refractivity contribution is 7.90. The van der Waals surface area contributed by atoms with E-state index in [0.717, 1.165) is 0 Å². The summed E-state index contributed by atoms with van der Waals surface area (Å²) in [6.07, 6.45) is 3.49. The molecule has 120 valence electrons. The van der Waals surface area contributed by atoms with Crippen molar-refractivity contribution in [2.45, 2.75) is 45.0 Å². The fraction of sp³-hybridized carbons (Fsp3) is 0.667. The number of nitrogens with one attached hydrogen (secondary N) is 1. The van der Waals surface area contributed by atoms with Gasteiger partial charge < -0.3 is 9.64 Å². The number of sulfonamides is 1. The number of carbonyl (C=O) groups excluding carboxylic acids is 1. The molecule has 9 heteroatoms. The Morgan fingerprint density at radius 2 is 2.14 bits per heavy atom. The molecule has 0 aromatic heterocycles. The number of halogens is 1. The molecular weight excluding hydrogens is 318 g/mol. The molecule has 1 N–H and O–H groups in total. The zero-order chi connectivity index (χ0) is 16.3. The number of esters is 1. The highest BCUT2D eigenvalue weighted by atomic mass is 35.5. The van der Waals surface area contributed by atoms with Crippen molar-refractivity contribution in [2.24, 2.45) is 4.99 Å². The molecule has 0 saturated heterocycles. The van der Waals surface area contributed by atoms with Crippen LogP contribution in [0.4, 0.5) is 0 Å². The summed E-state index contributed by atoms with van der Waals surface area (Å²) in [5.41, 5.74) is -1.90. The van der Waals surface area contributed by atoms with Crippen LogP contribution in [0.1, 0.15) is 27.7 Å². The molecule has 0 radical (unpaired) electrons. The number of alkyl halides is 1. The van der Waals surface area contributed by atoms with Crippen LogP contribution >= 0.6 is 11.6 Å². The predicted octanol–water partition coefficient (Wildman–Crippen LogP) is 1.02. The van der Waals surface area contributed by atoms with Gasteiger partial charge in [-0.05, 0) is 26.8 Å². The van der Waals surface area contributed by atoms with Gasteiger partial charge in [-0.2, -0.15) is 0 Å². The second-order valence-electron chi connectivity index (χ2n) is 5.53. The minimum atomic E-state index is -3.80. The van der Waals surface area contributed by atoms with Crippen molar-refractivity contribution in [3.63, 3.8) is 0 Å². The van der Waals surface area contributed by atoms with E-state index in [1.807, 2.05) is 0 Å². The second-order valence-corrected chi connectivity index (χ2v) is 7.55. The summed E-state index contributed by atoms with van der Waals surface area (Å²) >= 11 is 5.77. The van der Waals surface area contributed by atoms with Crippen molar-refractivity contribution < 1.29 is 17.9 Å². The first-order valence-corrected chi connectivity index (χ1v) is 8.38. The summed E-state index contributed by atoms with van der Waals surface area (Å²) in [5.74, 6) is -0.635. The minimum Gasteiger partial charge on any atom is -0.440 e. The molecule has 0 saturated carbocycles. The summed E-state index contributed by atoms with van der Waals surface area (Å²) < 4.78 is 32.4. The van der Waals surface area contributed by atoms with Crippen molar-refractivity contribution in [1.29, 1.82) is 0 Å². The smallest absolute Gasteiger partial charge is 0.304 e. The topological polar surface area (TPSA) is 88.1 Å². The number of rotatable bonds is 5. The van der Waals surface area contributed by atoms with Crippen LogP contribution in [0.15, 0.2) is 17.3 Å². The summed E-state index contributed by atoms with van der Waals surface area (Å²) in [5, 5.41) is 0. The third-order valence-electron chi connectivity index (χ3n) is 2.31. The largest absolute Gasteiger partial charge is 0.440 e. The normalized spacial score (nSPS) is 20.4. The second kappa shape index (κ2) is 6.76. The first kappa shape index (κ1) is 17.9. The van der Waals surface area contributed by atoms with E-state index in [1.165, 1.54) is 24.2 Å². The van der Waals surface area contributed by atoms with E-state index < -0.39 is 33.3 Å². The summed E-state index contributed by atoms with van der Waals surface area (Å²) in [6.45, 7) is 6.40. The van der Waals surface area contributed by atoms with Crippen LogP contribution < -0.4 is 4.72 Å². The van der Waals surface area contributed by atoms with Crippen LogP contribution in [0.25, 0.3) is 0 Å². The van der Waals surface area contributed by atoms with Crippen molar-refractivity contribution in [1.82, 2.24) is 9.62 Å². The lowest BCUT2D eigenvalue weighted by atomic mass is 10.1. The van der Waals surface area contributed by atoms with Gasteiger partial charge in [-0.25, -0.2) is 13.1 Å². The van der Waals surface area contributed by atoms with Crippen LogP contribution in [-0.2, 0) is 19.6 Å². The lowest BCUT2D eigenvalue weighted by molar-refractivity contribution is -0.152. The van der Waals surface area contributed by atoms with Gasteiger partial charge in [-0.15, -0.1) is 11.6 Å². The number of carbonyl (C=O) groups is 1. The van der Waals surface area contributed by atoms with E-state index in [2.05, 4.69) is 9.71 Å². The molecule has 1 heterocycles.